The van der Waals surface area contributed by atoms with Crippen LogP contribution < -0.4 is 10.6 Å². The van der Waals surface area contributed by atoms with Gasteiger partial charge in [0, 0.05) is 13.6 Å². The van der Waals surface area contributed by atoms with E-state index in [1.54, 1.807) is 18.2 Å². The van der Waals surface area contributed by atoms with Crippen LogP contribution in [0.4, 0.5) is 0 Å². The van der Waals surface area contributed by atoms with Crippen LogP contribution >= 0.6 is 11.6 Å². The van der Waals surface area contributed by atoms with Gasteiger partial charge < -0.3 is 20.5 Å². The van der Waals surface area contributed by atoms with Gasteiger partial charge in [-0.2, -0.15) is 0 Å². The Morgan fingerprint density at radius 3 is 3.00 bits per heavy atom. The van der Waals surface area contributed by atoms with Crippen molar-refractivity contribution in [3.05, 3.63) is 40.9 Å². The normalized spacial score (nSPS) is 20.3. The van der Waals surface area contributed by atoms with E-state index in [0.717, 1.165) is 5.56 Å². The summed E-state index contributed by atoms with van der Waals surface area (Å²) in [6.07, 6.45) is 0.954. The molecule has 0 aliphatic carbocycles. The first kappa shape index (κ1) is 17.7. The molecule has 3 N–H and O–H groups in total. The molecular formula is C16H18ClN5O3. The summed E-state index contributed by atoms with van der Waals surface area (Å²) in [5.41, 5.74) is 1.99. The van der Waals surface area contributed by atoms with Gasteiger partial charge in [0.1, 0.15) is 23.3 Å². The molecule has 1 saturated heterocycles. The van der Waals surface area contributed by atoms with Gasteiger partial charge in [0.25, 0.3) is 5.91 Å². The molecule has 1 aliphatic heterocycles. The molecule has 0 radical (unpaired) electrons. The number of aliphatic hydroxyl groups excluding tert-OH is 1. The number of halogens is 1. The van der Waals surface area contributed by atoms with E-state index >= 15 is 0 Å². The molecule has 8 nitrogen and oxygen atoms in total. The quantitative estimate of drug-likeness (QED) is 0.681. The van der Waals surface area contributed by atoms with Crippen molar-refractivity contribution in [1.82, 2.24) is 25.6 Å². The summed E-state index contributed by atoms with van der Waals surface area (Å²) < 4.78 is 5.79. The van der Waals surface area contributed by atoms with Crippen molar-refractivity contribution in [1.29, 1.82) is 0 Å². The van der Waals surface area contributed by atoms with Crippen molar-refractivity contribution in [3.8, 4) is 11.4 Å². The largest absolute Gasteiger partial charge is 0.395 e. The number of hydrogen-bond donors (Lipinski definition) is 3. The van der Waals surface area contributed by atoms with E-state index in [-0.39, 0.29) is 35.5 Å². The Labute approximate surface area is 149 Å². The Bertz CT molecular complexity index is 773. The monoisotopic (exact) mass is 363 g/mol. The van der Waals surface area contributed by atoms with E-state index in [1.807, 2.05) is 0 Å². The standard InChI is InChI=1S/C16H18ClN5O3/c1-18-16(24)12-6-10(20-8-21-12)11-4-9(5-14(17)22-11)15-13(7-23)19-2-3-25-15/h4-6,8,13,15,19,23H,2-3,7H2,1H3,(H,18,24)/t13-,15-/m0/s1. The van der Waals surface area contributed by atoms with Crippen molar-refractivity contribution in [2.24, 2.45) is 0 Å². The minimum Gasteiger partial charge on any atom is -0.395 e. The lowest BCUT2D eigenvalue weighted by molar-refractivity contribution is -0.0210. The topological polar surface area (TPSA) is 109 Å². The number of amides is 1. The number of aliphatic hydroxyl groups is 1. The van der Waals surface area contributed by atoms with Crippen LogP contribution in [0.15, 0.2) is 24.5 Å². The molecule has 0 spiro atoms. The average molecular weight is 364 g/mol. The maximum atomic E-state index is 11.8. The van der Waals surface area contributed by atoms with Crippen molar-refractivity contribution >= 4 is 17.5 Å². The molecule has 25 heavy (non-hydrogen) atoms. The van der Waals surface area contributed by atoms with Gasteiger partial charge in [0.05, 0.1) is 30.6 Å². The van der Waals surface area contributed by atoms with Gasteiger partial charge in [0.15, 0.2) is 0 Å². The molecule has 0 aromatic carbocycles. The van der Waals surface area contributed by atoms with Crippen molar-refractivity contribution in [2.45, 2.75) is 12.1 Å². The third-order valence-electron chi connectivity index (χ3n) is 3.90. The van der Waals surface area contributed by atoms with E-state index in [2.05, 4.69) is 25.6 Å². The molecule has 0 saturated carbocycles. The first-order valence-corrected chi connectivity index (χ1v) is 8.18. The van der Waals surface area contributed by atoms with E-state index < -0.39 is 0 Å². The highest BCUT2D eigenvalue weighted by Crippen LogP contribution is 2.29. The third kappa shape index (κ3) is 3.93. The Morgan fingerprint density at radius 2 is 2.24 bits per heavy atom. The zero-order valence-electron chi connectivity index (χ0n) is 13.6. The molecule has 2 aromatic rings. The van der Waals surface area contributed by atoms with Crippen LogP contribution in [0.1, 0.15) is 22.2 Å². The lowest BCUT2D eigenvalue weighted by Gasteiger charge is -2.32. The molecule has 0 unspecified atom stereocenters. The maximum Gasteiger partial charge on any atom is 0.269 e. The minimum absolute atomic E-state index is 0.0612. The number of carbonyl (C=O) groups is 1. The molecular weight excluding hydrogens is 346 g/mol. The van der Waals surface area contributed by atoms with Gasteiger partial charge in [-0.05, 0) is 23.8 Å². The molecule has 3 heterocycles. The Balaban J connectivity index is 1.98. The molecule has 3 rings (SSSR count). The summed E-state index contributed by atoms with van der Waals surface area (Å²) in [4.78, 5) is 24.2. The molecule has 132 valence electrons. The molecule has 0 bridgehead atoms. The highest BCUT2D eigenvalue weighted by atomic mass is 35.5. The first-order valence-electron chi connectivity index (χ1n) is 7.80. The zero-order chi connectivity index (χ0) is 17.8. The lowest BCUT2D eigenvalue weighted by atomic mass is 10.0. The number of hydrogen-bond acceptors (Lipinski definition) is 7. The number of morpholine rings is 1. The van der Waals surface area contributed by atoms with Crippen molar-refractivity contribution in [2.75, 3.05) is 26.8 Å². The van der Waals surface area contributed by atoms with Gasteiger partial charge in [0.2, 0.25) is 0 Å². The van der Waals surface area contributed by atoms with E-state index in [0.29, 0.717) is 24.5 Å². The Kier molecular flexibility index (Phi) is 5.54. The SMILES string of the molecule is CNC(=O)c1cc(-c2cc([C@@H]3OCCN[C@H]3CO)cc(Cl)n2)ncn1. The van der Waals surface area contributed by atoms with E-state index in [1.165, 1.54) is 13.4 Å². The van der Waals surface area contributed by atoms with Crippen LogP contribution in [-0.4, -0.2) is 58.8 Å². The second kappa shape index (κ2) is 7.83. The summed E-state index contributed by atoms with van der Waals surface area (Å²) in [6.45, 7) is 1.15. The Morgan fingerprint density at radius 1 is 1.40 bits per heavy atom. The zero-order valence-corrected chi connectivity index (χ0v) is 14.3. The van der Waals surface area contributed by atoms with E-state index in [4.69, 9.17) is 16.3 Å². The van der Waals surface area contributed by atoms with Gasteiger partial charge in [-0.15, -0.1) is 0 Å². The molecule has 9 heteroatoms. The van der Waals surface area contributed by atoms with Crippen LogP contribution in [-0.2, 0) is 4.74 Å². The predicted octanol–water partition coefficient (Wildman–Crippen LogP) is 0.573. The summed E-state index contributed by atoms with van der Waals surface area (Å²) >= 11 is 6.17. The van der Waals surface area contributed by atoms with Crippen LogP contribution in [0, 0.1) is 0 Å². The second-order valence-electron chi connectivity index (χ2n) is 5.51. The predicted molar refractivity (Wildman–Crippen MR) is 91.2 cm³/mol. The fraction of sp³-hybridized carbons (Fsp3) is 0.375. The molecule has 1 aliphatic rings. The smallest absolute Gasteiger partial charge is 0.269 e. The maximum absolute atomic E-state index is 11.8. The fourth-order valence-electron chi connectivity index (χ4n) is 2.70. The number of ether oxygens (including phenoxy) is 1. The van der Waals surface area contributed by atoms with Gasteiger partial charge in [-0.25, -0.2) is 15.0 Å². The Hall–Kier alpha value is -2.13. The fourth-order valence-corrected chi connectivity index (χ4v) is 2.92. The highest BCUT2D eigenvalue weighted by molar-refractivity contribution is 6.29. The molecule has 2 aromatic heterocycles. The van der Waals surface area contributed by atoms with Crippen LogP contribution in [0.3, 0.4) is 0 Å². The summed E-state index contributed by atoms with van der Waals surface area (Å²) in [7, 11) is 1.53. The summed E-state index contributed by atoms with van der Waals surface area (Å²) in [5, 5.41) is 15.5. The van der Waals surface area contributed by atoms with Crippen LogP contribution in [0.2, 0.25) is 5.15 Å². The third-order valence-corrected chi connectivity index (χ3v) is 4.10. The van der Waals surface area contributed by atoms with Gasteiger partial charge in [-0.3, -0.25) is 4.79 Å². The average Bonchev–Trinajstić information content (AvgIpc) is 2.67. The lowest BCUT2D eigenvalue weighted by Crippen LogP contribution is -2.45. The number of nitrogens with one attached hydrogen (secondary N) is 2. The number of rotatable bonds is 4. The second-order valence-corrected chi connectivity index (χ2v) is 5.90. The number of nitrogens with zero attached hydrogens (tertiary/aromatic N) is 3. The van der Waals surface area contributed by atoms with E-state index in [9.17, 15) is 9.90 Å². The summed E-state index contributed by atoms with van der Waals surface area (Å²) in [6, 6.07) is 4.81. The number of aromatic nitrogens is 3. The van der Waals surface area contributed by atoms with Gasteiger partial charge >= 0.3 is 0 Å². The van der Waals surface area contributed by atoms with Gasteiger partial charge in [-0.1, -0.05) is 11.6 Å². The van der Waals surface area contributed by atoms with Crippen LogP contribution in [0.25, 0.3) is 11.4 Å². The minimum atomic E-state index is -0.349. The molecule has 2 atom stereocenters. The number of pyridine rings is 1. The number of carbonyl (C=O) groups excluding carboxylic acids is 1. The molecule has 1 amide bonds. The summed E-state index contributed by atoms with van der Waals surface area (Å²) in [5.74, 6) is -0.314. The molecule has 1 fully saturated rings. The van der Waals surface area contributed by atoms with Crippen LogP contribution in [0.5, 0.6) is 0 Å². The van der Waals surface area contributed by atoms with Crippen molar-refractivity contribution in [3.63, 3.8) is 0 Å². The first-order chi connectivity index (χ1) is 12.1. The van der Waals surface area contributed by atoms with Crippen molar-refractivity contribution < 1.29 is 14.6 Å². The highest BCUT2D eigenvalue weighted by Gasteiger charge is 2.27.